The van der Waals surface area contributed by atoms with Gasteiger partial charge in [-0.1, -0.05) is 0 Å². The summed E-state index contributed by atoms with van der Waals surface area (Å²) in [7, 11) is 0. The largest absolute Gasteiger partial charge is 0.474 e. The molecule has 0 N–H and O–H groups in total. The van der Waals surface area contributed by atoms with Gasteiger partial charge in [0.05, 0.1) is 36.8 Å². The van der Waals surface area contributed by atoms with E-state index in [-0.39, 0.29) is 6.10 Å². The van der Waals surface area contributed by atoms with Gasteiger partial charge in [0.25, 0.3) is 0 Å². The van der Waals surface area contributed by atoms with E-state index in [2.05, 4.69) is 38.0 Å². The summed E-state index contributed by atoms with van der Waals surface area (Å²) in [5.74, 6) is 0.733. The van der Waals surface area contributed by atoms with Gasteiger partial charge in [0.1, 0.15) is 12.4 Å². The van der Waals surface area contributed by atoms with E-state index in [4.69, 9.17) is 14.2 Å². The van der Waals surface area contributed by atoms with E-state index >= 15 is 0 Å². The van der Waals surface area contributed by atoms with Gasteiger partial charge in [0.2, 0.25) is 5.88 Å². The van der Waals surface area contributed by atoms with Crippen molar-refractivity contribution >= 4 is 16.6 Å². The van der Waals surface area contributed by atoms with Crippen LogP contribution < -0.4 is 9.64 Å². The van der Waals surface area contributed by atoms with Gasteiger partial charge in [-0.3, -0.25) is 4.90 Å². The van der Waals surface area contributed by atoms with Crippen molar-refractivity contribution < 1.29 is 14.2 Å². The number of fused-ring (bicyclic) bond motifs is 1. The third-order valence-corrected chi connectivity index (χ3v) is 6.25. The molecule has 0 radical (unpaired) electrons. The molecular formula is C22H30N4O3. The Kier molecular flexibility index (Phi) is 5.78. The van der Waals surface area contributed by atoms with Crippen LogP contribution in [-0.4, -0.2) is 79.6 Å². The summed E-state index contributed by atoms with van der Waals surface area (Å²) in [6.07, 6.45) is 6.88. The third-order valence-electron chi connectivity index (χ3n) is 6.25. The number of anilines is 1. The fraction of sp³-hybridized carbons (Fsp3) is 0.636. The zero-order valence-corrected chi connectivity index (χ0v) is 17.0. The lowest BCUT2D eigenvalue weighted by Gasteiger charge is -2.38. The molecule has 1 aromatic carbocycles. The summed E-state index contributed by atoms with van der Waals surface area (Å²) >= 11 is 0. The number of aromatic nitrogens is 2. The lowest BCUT2D eigenvalue weighted by atomic mass is 10.1. The molecule has 1 unspecified atom stereocenters. The van der Waals surface area contributed by atoms with Crippen molar-refractivity contribution in [2.24, 2.45) is 0 Å². The van der Waals surface area contributed by atoms with Crippen LogP contribution in [0.4, 0.5) is 5.69 Å². The van der Waals surface area contributed by atoms with Crippen LogP contribution in [0.15, 0.2) is 24.5 Å². The first kappa shape index (κ1) is 19.0. The lowest BCUT2D eigenvalue weighted by molar-refractivity contribution is -0.0977. The maximum absolute atomic E-state index is 6.23. The van der Waals surface area contributed by atoms with Crippen molar-refractivity contribution in [3.63, 3.8) is 0 Å². The van der Waals surface area contributed by atoms with E-state index in [0.717, 1.165) is 75.6 Å². The predicted octanol–water partition coefficient (Wildman–Crippen LogP) is 2.49. The van der Waals surface area contributed by atoms with Gasteiger partial charge >= 0.3 is 0 Å². The first-order valence-corrected chi connectivity index (χ1v) is 10.9. The van der Waals surface area contributed by atoms with Crippen LogP contribution in [0.2, 0.25) is 0 Å². The van der Waals surface area contributed by atoms with Crippen molar-refractivity contribution in [3.8, 4) is 5.88 Å². The van der Waals surface area contributed by atoms with Gasteiger partial charge < -0.3 is 19.1 Å². The normalized spacial score (nSPS) is 24.3. The van der Waals surface area contributed by atoms with E-state index in [1.807, 2.05) is 0 Å². The van der Waals surface area contributed by atoms with Crippen LogP contribution >= 0.6 is 0 Å². The Labute approximate surface area is 172 Å². The minimum Gasteiger partial charge on any atom is -0.474 e. The fourth-order valence-electron chi connectivity index (χ4n) is 4.59. The molecular weight excluding hydrogens is 368 g/mol. The highest BCUT2D eigenvalue weighted by atomic mass is 16.6. The Hall–Kier alpha value is -1.96. The molecule has 1 aromatic heterocycles. The number of hydrogen-bond acceptors (Lipinski definition) is 7. The molecule has 0 amide bonds. The minimum atomic E-state index is 0.211. The molecule has 7 nitrogen and oxygen atoms in total. The zero-order valence-electron chi connectivity index (χ0n) is 17.0. The summed E-state index contributed by atoms with van der Waals surface area (Å²) in [6, 6.07) is 6.46. The summed E-state index contributed by atoms with van der Waals surface area (Å²) in [5, 5.41) is 1.02. The molecule has 1 atom stereocenters. The average Bonchev–Trinajstić information content (AvgIpc) is 3.28. The molecule has 0 spiro atoms. The van der Waals surface area contributed by atoms with Gasteiger partial charge in [-0.2, -0.15) is 0 Å². The monoisotopic (exact) mass is 398 g/mol. The SMILES string of the molecule is c1nc(OC2CCCC2)c2cc(N3CCN(CC4COCCO4)CC3)ccc2n1. The minimum absolute atomic E-state index is 0.211. The van der Waals surface area contributed by atoms with Crippen molar-refractivity contribution in [1.82, 2.24) is 14.9 Å². The Balaban J connectivity index is 1.25. The molecule has 3 aliphatic rings. The van der Waals surface area contributed by atoms with E-state index in [1.165, 1.54) is 18.5 Å². The van der Waals surface area contributed by atoms with Crippen molar-refractivity contribution in [2.45, 2.75) is 37.9 Å². The second kappa shape index (κ2) is 8.81. The number of rotatable bonds is 5. The van der Waals surface area contributed by atoms with Gasteiger partial charge in [-0.15, -0.1) is 0 Å². The van der Waals surface area contributed by atoms with Crippen LogP contribution in [0.25, 0.3) is 10.9 Å². The molecule has 2 saturated heterocycles. The Morgan fingerprint density at radius 1 is 1.03 bits per heavy atom. The third kappa shape index (κ3) is 4.47. The predicted molar refractivity (Wildman–Crippen MR) is 112 cm³/mol. The number of hydrogen-bond donors (Lipinski definition) is 0. The van der Waals surface area contributed by atoms with Crippen LogP contribution in [0.5, 0.6) is 5.88 Å². The second-order valence-corrected chi connectivity index (χ2v) is 8.26. The number of ether oxygens (including phenoxy) is 3. The molecule has 1 saturated carbocycles. The molecule has 1 aliphatic carbocycles. The molecule has 156 valence electrons. The van der Waals surface area contributed by atoms with Crippen molar-refractivity contribution in [3.05, 3.63) is 24.5 Å². The molecule has 2 aromatic rings. The lowest BCUT2D eigenvalue weighted by Crippen LogP contribution is -2.50. The number of nitrogens with zero attached hydrogens (tertiary/aromatic N) is 4. The number of piperazine rings is 1. The molecule has 2 aliphatic heterocycles. The molecule has 0 bridgehead atoms. The maximum atomic E-state index is 6.23. The van der Waals surface area contributed by atoms with Gasteiger partial charge in [0.15, 0.2) is 0 Å². The van der Waals surface area contributed by atoms with Crippen LogP contribution in [0.1, 0.15) is 25.7 Å². The second-order valence-electron chi connectivity index (χ2n) is 8.26. The standard InChI is InChI=1S/C22H30N4O3/c1-2-4-18(3-1)29-22-20-13-17(5-6-21(20)23-16-24-22)26-9-7-25(8-10-26)14-19-15-27-11-12-28-19/h5-6,13,16,18-19H,1-4,7-12,14-15H2. The summed E-state index contributed by atoms with van der Waals surface area (Å²) in [5.41, 5.74) is 2.17. The Morgan fingerprint density at radius 2 is 1.90 bits per heavy atom. The molecule has 7 heteroatoms. The topological polar surface area (TPSA) is 60.0 Å². The quantitative estimate of drug-likeness (QED) is 0.767. The Morgan fingerprint density at radius 3 is 2.69 bits per heavy atom. The highest BCUT2D eigenvalue weighted by Gasteiger charge is 2.23. The molecule has 3 heterocycles. The molecule has 29 heavy (non-hydrogen) atoms. The fourth-order valence-corrected chi connectivity index (χ4v) is 4.59. The maximum Gasteiger partial charge on any atom is 0.224 e. The van der Waals surface area contributed by atoms with Crippen molar-refractivity contribution in [1.29, 1.82) is 0 Å². The van der Waals surface area contributed by atoms with Crippen molar-refractivity contribution in [2.75, 3.05) is 57.4 Å². The Bertz CT molecular complexity index is 813. The van der Waals surface area contributed by atoms with E-state index in [1.54, 1.807) is 6.33 Å². The van der Waals surface area contributed by atoms with Crippen LogP contribution in [-0.2, 0) is 9.47 Å². The van der Waals surface area contributed by atoms with Gasteiger partial charge in [-0.25, -0.2) is 9.97 Å². The smallest absolute Gasteiger partial charge is 0.224 e. The molecule has 5 rings (SSSR count). The summed E-state index contributed by atoms with van der Waals surface area (Å²) in [6.45, 7) is 7.20. The average molecular weight is 399 g/mol. The number of benzene rings is 1. The van der Waals surface area contributed by atoms with Crippen LogP contribution in [0, 0.1) is 0 Å². The summed E-state index contributed by atoms with van der Waals surface area (Å²) in [4.78, 5) is 13.8. The highest BCUT2D eigenvalue weighted by Crippen LogP contribution is 2.30. The van der Waals surface area contributed by atoms with Gasteiger partial charge in [-0.05, 0) is 43.9 Å². The van der Waals surface area contributed by atoms with E-state index < -0.39 is 0 Å². The van der Waals surface area contributed by atoms with E-state index in [0.29, 0.717) is 12.7 Å². The molecule has 3 fully saturated rings. The zero-order chi connectivity index (χ0) is 19.5. The highest BCUT2D eigenvalue weighted by molar-refractivity contribution is 5.86. The van der Waals surface area contributed by atoms with E-state index in [9.17, 15) is 0 Å². The van der Waals surface area contributed by atoms with Gasteiger partial charge in [0, 0.05) is 38.4 Å². The first-order valence-electron chi connectivity index (χ1n) is 10.9. The summed E-state index contributed by atoms with van der Waals surface area (Å²) < 4.78 is 17.6. The first-order chi connectivity index (χ1) is 14.3. The van der Waals surface area contributed by atoms with Crippen LogP contribution in [0.3, 0.4) is 0 Å².